The number of benzene rings is 1. The van der Waals surface area contributed by atoms with E-state index >= 15 is 0 Å². The van der Waals surface area contributed by atoms with Gasteiger partial charge in [0.15, 0.2) is 5.82 Å². The fourth-order valence-electron chi connectivity index (χ4n) is 1.81. The van der Waals surface area contributed by atoms with Gasteiger partial charge in [-0.25, -0.2) is 14.8 Å². The summed E-state index contributed by atoms with van der Waals surface area (Å²) in [6.07, 6.45) is 1.26. The Kier molecular flexibility index (Phi) is 4.67. The van der Waals surface area contributed by atoms with Crippen LogP contribution < -0.4 is 10.1 Å². The highest BCUT2D eigenvalue weighted by Gasteiger charge is 2.10. The highest BCUT2D eigenvalue weighted by atomic mass is 16.5. The van der Waals surface area contributed by atoms with Gasteiger partial charge in [0.2, 0.25) is 5.91 Å². The Morgan fingerprint density at radius 2 is 2.14 bits per heavy atom. The van der Waals surface area contributed by atoms with Crippen molar-refractivity contribution in [3.8, 4) is 5.75 Å². The summed E-state index contributed by atoms with van der Waals surface area (Å²) in [6, 6.07) is 6.92. The van der Waals surface area contributed by atoms with Crippen LogP contribution in [0.1, 0.15) is 28.8 Å². The SMILES string of the molecule is CC(=O)Nc1cccc(OCc2ncc(C(=O)O)c(C)n2)c1. The molecule has 0 saturated carbocycles. The third-order valence-electron chi connectivity index (χ3n) is 2.78. The van der Waals surface area contributed by atoms with Crippen LogP contribution in [0.2, 0.25) is 0 Å². The summed E-state index contributed by atoms with van der Waals surface area (Å²) < 4.78 is 5.55. The Hall–Kier alpha value is -2.96. The predicted octanol–water partition coefficient (Wildman–Crippen LogP) is 2.02. The van der Waals surface area contributed by atoms with E-state index in [2.05, 4.69) is 15.3 Å². The smallest absolute Gasteiger partial charge is 0.339 e. The molecule has 0 aliphatic rings. The molecule has 0 fully saturated rings. The van der Waals surface area contributed by atoms with Crippen molar-refractivity contribution in [2.75, 3.05) is 5.32 Å². The number of rotatable bonds is 5. The fraction of sp³-hybridized carbons (Fsp3) is 0.200. The summed E-state index contributed by atoms with van der Waals surface area (Å²) in [4.78, 5) is 30.0. The summed E-state index contributed by atoms with van der Waals surface area (Å²) in [7, 11) is 0. The van der Waals surface area contributed by atoms with Crippen LogP contribution in [0, 0.1) is 6.92 Å². The number of carbonyl (C=O) groups excluding carboxylic acids is 1. The summed E-state index contributed by atoms with van der Waals surface area (Å²) >= 11 is 0. The molecule has 0 saturated heterocycles. The third-order valence-corrected chi connectivity index (χ3v) is 2.78. The first-order valence-corrected chi connectivity index (χ1v) is 6.52. The van der Waals surface area contributed by atoms with E-state index < -0.39 is 5.97 Å². The van der Waals surface area contributed by atoms with Crippen molar-refractivity contribution < 1.29 is 19.4 Å². The molecule has 1 amide bonds. The second-order valence-corrected chi connectivity index (χ2v) is 4.59. The standard InChI is InChI=1S/C15H15N3O4/c1-9-13(15(20)21)7-16-14(17-9)8-22-12-5-3-4-11(6-12)18-10(2)19/h3-7H,8H2,1-2H3,(H,18,19)(H,20,21). The van der Waals surface area contributed by atoms with Gasteiger partial charge in [-0.2, -0.15) is 0 Å². The van der Waals surface area contributed by atoms with Crippen molar-refractivity contribution in [1.82, 2.24) is 9.97 Å². The normalized spacial score (nSPS) is 10.1. The average molecular weight is 301 g/mol. The van der Waals surface area contributed by atoms with Gasteiger partial charge in [0.25, 0.3) is 0 Å². The second-order valence-electron chi connectivity index (χ2n) is 4.59. The molecule has 22 heavy (non-hydrogen) atoms. The van der Waals surface area contributed by atoms with Gasteiger partial charge >= 0.3 is 5.97 Å². The Morgan fingerprint density at radius 1 is 1.36 bits per heavy atom. The van der Waals surface area contributed by atoms with E-state index in [0.717, 1.165) is 0 Å². The number of hydrogen-bond donors (Lipinski definition) is 2. The lowest BCUT2D eigenvalue weighted by Crippen LogP contribution is -2.08. The van der Waals surface area contributed by atoms with Crippen LogP contribution >= 0.6 is 0 Å². The first-order valence-electron chi connectivity index (χ1n) is 6.52. The number of hydrogen-bond acceptors (Lipinski definition) is 5. The minimum Gasteiger partial charge on any atom is -0.486 e. The molecule has 0 atom stereocenters. The molecule has 2 rings (SSSR count). The van der Waals surface area contributed by atoms with Crippen molar-refractivity contribution in [2.24, 2.45) is 0 Å². The number of aromatic nitrogens is 2. The summed E-state index contributed by atoms with van der Waals surface area (Å²) in [5.74, 6) is -0.296. The number of carbonyl (C=O) groups is 2. The first kappa shape index (κ1) is 15.4. The van der Waals surface area contributed by atoms with E-state index in [-0.39, 0.29) is 18.1 Å². The molecule has 0 aliphatic carbocycles. The molecule has 1 aromatic carbocycles. The maximum absolute atomic E-state index is 11.0. The lowest BCUT2D eigenvalue weighted by molar-refractivity contribution is -0.114. The van der Waals surface area contributed by atoms with E-state index in [1.165, 1.54) is 13.1 Å². The van der Waals surface area contributed by atoms with Crippen molar-refractivity contribution in [3.63, 3.8) is 0 Å². The number of nitrogens with zero attached hydrogens (tertiary/aromatic N) is 2. The number of aryl methyl sites for hydroxylation is 1. The predicted molar refractivity (Wildman–Crippen MR) is 78.8 cm³/mol. The summed E-state index contributed by atoms with van der Waals surface area (Å²) in [5, 5.41) is 11.6. The number of aromatic carboxylic acids is 1. The van der Waals surface area contributed by atoms with Crippen LogP contribution in [-0.2, 0) is 11.4 Å². The van der Waals surface area contributed by atoms with Gasteiger partial charge in [0.1, 0.15) is 12.4 Å². The second kappa shape index (κ2) is 6.66. The van der Waals surface area contributed by atoms with Crippen molar-refractivity contribution in [1.29, 1.82) is 0 Å². The van der Waals surface area contributed by atoms with E-state index in [1.54, 1.807) is 31.2 Å². The van der Waals surface area contributed by atoms with Crippen LogP contribution in [0.25, 0.3) is 0 Å². The molecule has 0 bridgehead atoms. The molecular formula is C15H15N3O4. The molecule has 0 aliphatic heterocycles. The lowest BCUT2D eigenvalue weighted by Gasteiger charge is -2.08. The lowest BCUT2D eigenvalue weighted by atomic mass is 10.2. The van der Waals surface area contributed by atoms with E-state index in [0.29, 0.717) is 23.0 Å². The van der Waals surface area contributed by atoms with E-state index in [1.807, 2.05) is 0 Å². The maximum Gasteiger partial charge on any atom is 0.339 e. The Bertz CT molecular complexity index is 716. The molecule has 114 valence electrons. The minimum atomic E-state index is -1.06. The van der Waals surface area contributed by atoms with Crippen LogP contribution in [0.3, 0.4) is 0 Å². The number of anilines is 1. The Balaban J connectivity index is 2.05. The molecule has 7 nitrogen and oxygen atoms in total. The van der Waals surface area contributed by atoms with Gasteiger partial charge in [-0.3, -0.25) is 4.79 Å². The van der Waals surface area contributed by atoms with Gasteiger partial charge in [-0.15, -0.1) is 0 Å². The van der Waals surface area contributed by atoms with Gasteiger partial charge < -0.3 is 15.2 Å². The van der Waals surface area contributed by atoms with Crippen LogP contribution in [0.15, 0.2) is 30.5 Å². The Labute approximate surface area is 127 Å². The minimum absolute atomic E-state index is 0.0661. The monoisotopic (exact) mass is 301 g/mol. The van der Waals surface area contributed by atoms with Crippen LogP contribution in [0.5, 0.6) is 5.75 Å². The highest BCUT2D eigenvalue weighted by Crippen LogP contribution is 2.18. The van der Waals surface area contributed by atoms with Crippen molar-refractivity contribution in [2.45, 2.75) is 20.5 Å². The molecule has 2 aromatic rings. The molecule has 2 N–H and O–H groups in total. The summed E-state index contributed by atoms with van der Waals surface area (Å²) in [5.41, 5.74) is 1.08. The zero-order valence-corrected chi connectivity index (χ0v) is 12.2. The molecule has 0 spiro atoms. The third kappa shape index (κ3) is 4.02. The Morgan fingerprint density at radius 3 is 2.77 bits per heavy atom. The van der Waals surface area contributed by atoms with E-state index in [9.17, 15) is 9.59 Å². The van der Waals surface area contributed by atoms with Crippen molar-refractivity contribution >= 4 is 17.6 Å². The quantitative estimate of drug-likeness (QED) is 0.876. The van der Waals surface area contributed by atoms with Crippen LogP contribution in [-0.4, -0.2) is 27.0 Å². The molecular weight excluding hydrogens is 286 g/mol. The van der Waals surface area contributed by atoms with Gasteiger partial charge in [0, 0.05) is 24.9 Å². The van der Waals surface area contributed by atoms with Gasteiger partial charge in [0.05, 0.1) is 11.3 Å². The molecule has 1 heterocycles. The first-order chi connectivity index (χ1) is 10.5. The van der Waals surface area contributed by atoms with Crippen molar-refractivity contribution in [3.05, 3.63) is 47.5 Å². The largest absolute Gasteiger partial charge is 0.486 e. The van der Waals surface area contributed by atoms with Crippen LogP contribution in [0.4, 0.5) is 5.69 Å². The molecule has 0 radical (unpaired) electrons. The number of ether oxygens (including phenoxy) is 1. The topological polar surface area (TPSA) is 101 Å². The molecule has 1 aromatic heterocycles. The number of carboxylic acids is 1. The molecule has 7 heteroatoms. The van der Waals surface area contributed by atoms with Gasteiger partial charge in [-0.05, 0) is 19.1 Å². The van der Waals surface area contributed by atoms with E-state index in [4.69, 9.17) is 9.84 Å². The number of nitrogens with one attached hydrogen (secondary N) is 1. The number of amides is 1. The maximum atomic E-state index is 11.0. The zero-order chi connectivity index (χ0) is 16.1. The number of carboxylic acid groups (broad SMARTS) is 1. The average Bonchev–Trinajstić information content (AvgIpc) is 2.44. The molecule has 0 unspecified atom stereocenters. The highest BCUT2D eigenvalue weighted by molar-refractivity contribution is 5.89. The summed E-state index contributed by atoms with van der Waals surface area (Å²) in [6.45, 7) is 3.13. The van der Waals surface area contributed by atoms with Gasteiger partial charge in [-0.1, -0.05) is 6.07 Å². The fourth-order valence-corrected chi connectivity index (χ4v) is 1.81. The zero-order valence-electron chi connectivity index (χ0n) is 12.2.